The van der Waals surface area contributed by atoms with Crippen molar-refractivity contribution in [3.05, 3.63) is 45.0 Å². The van der Waals surface area contributed by atoms with Crippen LogP contribution in [0.25, 0.3) is 0 Å². The number of alkyl halides is 3. The summed E-state index contributed by atoms with van der Waals surface area (Å²) in [6.07, 6.45) is -0.872. The highest BCUT2D eigenvalue weighted by molar-refractivity contribution is 6.39. The molecule has 0 aliphatic heterocycles. The van der Waals surface area contributed by atoms with E-state index in [-0.39, 0.29) is 46.8 Å². The fourth-order valence-corrected chi connectivity index (χ4v) is 6.81. The third-order valence-electron chi connectivity index (χ3n) is 8.87. The minimum atomic E-state index is -4.92. The van der Waals surface area contributed by atoms with Gasteiger partial charge in [0.25, 0.3) is 5.91 Å². The molecule has 1 N–H and O–H groups in total. The largest absolute Gasteiger partial charge is 0.481 e. The third-order valence-corrected chi connectivity index (χ3v) is 9.45. The fourth-order valence-electron chi connectivity index (χ4n) is 6.07. The van der Waals surface area contributed by atoms with Crippen LogP contribution in [0.15, 0.2) is 12.3 Å². The second-order valence-corrected chi connectivity index (χ2v) is 13.4. The van der Waals surface area contributed by atoms with E-state index in [0.29, 0.717) is 18.5 Å². The number of aryl methyl sites for hydroxylation is 1. The van der Waals surface area contributed by atoms with Crippen LogP contribution in [0.5, 0.6) is 0 Å². The van der Waals surface area contributed by atoms with Crippen molar-refractivity contribution in [1.29, 1.82) is 0 Å². The molecule has 2 aliphatic rings. The lowest BCUT2D eigenvalue weighted by molar-refractivity contribution is -0.152. The van der Waals surface area contributed by atoms with E-state index < -0.39 is 59.1 Å². The summed E-state index contributed by atoms with van der Waals surface area (Å²) in [7, 11) is 0. The first-order valence-corrected chi connectivity index (χ1v) is 14.7. The maximum Gasteiger partial charge on any atom is 0.433 e. The SMILES string of the molecule is Cc1cc(Cl)c(C(=O)CN(C(=O)c2cnn(C3CCC(C)(C(=O)O)CC3)c2C(F)(F)F)C2CCC(C)(C)CC2)c(Cl)n1. The van der Waals surface area contributed by atoms with Crippen LogP contribution in [0.1, 0.15) is 110 Å². The average Bonchev–Trinajstić information content (AvgIpc) is 3.33. The Balaban J connectivity index is 1.70. The Morgan fingerprint density at radius 3 is 2.19 bits per heavy atom. The van der Waals surface area contributed by atoms with Crippen LogP contribution in [-0.4, -0.2) is 55.0 Å². The average molecular weight is 632 g/mol. The van der Waals surface area contributed by atoms with E-state index in [2.05, 4.69) is 23.9 Å². The maximum absolute atomic E-state index is 14.6. The zero-order valence-corrected chi connectivity index (χ0v) is 25.5. The van der Waals surface area contributed by atoms with E-state index in [1.807, 2.05) is 0 Å². The van der Waals surface area contributed by atoms with Crippen molar-refractivity contribution in [2.75, 3.05) is 6.54 Å². The topological polar surface area (TPSA) is 105 Å². The van der Waals surface area contributed by atoms with Crippen molar-refractivity contribution < 1.29 is 32.7 Å². The summed E-state index contributed by atoms with van der Waals surface area (Å²) < 4.78 is 44.6. The number of pyridine rings is 1. The molecule has 230 valence electrons. The fraction of sp³-hybridized carbons (Fsp3) is 0.621. The van der Waals surface area contributed by atoms with E-state index >= 15 is 0 Å². The van der Waals surface area contributed by atoms with Gasteiger partial charge in [0.05, 0.1) is 40.3 Å². The number of aliphatic carboxylic acids is 1. The van der Waals surface area contributed by atoms with E-state index in [4.69, 9.17) is 23.2 Å². The lowest BCUT2D eigenvalue weighted by atomic mass is 9.74. The quantitative estimate of drug-likeness (QED) is 0.252. The molecule has 2 saturated carbocycles. The number of ketones is 1. The molecule has 1 amide bonds. The first-order chi connectivity index (χ1) is 19.4. The van der Waals surface area contributed by atoms with Gasteiger partial charge in [-0.25, -0.2) is 4.98 Å². The van der Waals surface area contributed by atoms with Crippen molar-refractivity contribution >= 4 is 40.9 Å². The van der Waals surface area contributed by atoms with Crippen LogP contribution in [0.3, 0.4) is 0 Å². The summed E-state index contributed by atoms with van der Waals surface area (Å²) in [4.78, 5) is 44.4. The summed E-state index contributed by atoms with van der Waals surface area (Å²) in [6, 6.07) is 0.250. The summed E-state index contributed by atoms with van der Waals surface area (Å²) in [5.41, 5.74) is -2.48. The number of hydrogen-bond acceptors (Lipinski definition) is 5. The van der Waals surface area contributed by atoms with Gasteiger partial charge in [-0.3, -0.25) is 19.1 Å². The molecule has 0 radical (unpaired) electrons. The van der Waals surface area contributed by atoms with Gasteiger partial charge in [-0.2, -0.15) is 18.3 Å². The van der Waals surface area contributed by atoms with Gasteiger partial charge in [0.15, 0.2) is 11.5 Å². The standard InChI is InChI=1S/C29H35Cl2F3N4O4/c1-16-13-20(30)22(24(31)36-16)21(39)15-37(17-5-9-27(2,3)10-6-17)25(40)19-14-35-38(23(19)29(32,33)34)18-7-11-28(4,12-8-18)26(41)42/h13-14,17-18H,5-12,15H2,1-4H3,(H,41,42). The highest BCUT2D eigenvalue weighted by Gasteiger charge is 2.46. The van der Waals surface area contributed by atoms with Crippen molar-refractivity contribution in [1.82, 2.24) is 19.7 Å². The predicted octanol–water partition coefficient (Wildman–Crippen LogP) is 7.41. The van der Waals surface area contributed by atoms with Crippen molar-refractivity contribution in [3.8, 4) is 0 Å². The number of aromatic nitrogens is 3. The van der Waals surface area contributed by atoms with Crippen molar-refractivity contribution in [3.63, 3.8) is 0 Å². The number of carbonyl (C=O) groups excluding carboxylic acids is 2. The summed E-state index contributed by atoms with van der Waals surface area (Å²) in [5.74, 6) is -2.57. The van der Waals surface area contributed by atoms with Crippen LogP contribution in [-0.2, 0) is 11.0 Å². The molecule has 2 fully saturated rings. The van der Waals surface area contributed by atoms with E-state index in [9.17, 15) is 32.7 Å². The molecule has 42 heavy (non-hydrogen) atoms. The summed E-state index contributed by atoms with van der Waals surface area (Å²) >= 11 is 12.5. The Bertz CT molecular complexity index is 1350. The Labute approximate surface area is 252 Å². The molecule has 13 heteroatoms. The molecule has 4 rings (SSSR count). The van der Waals surface area contributed by atoms with Crippen LogP contribution < -0.4 is 0 Å². The lowest BCUT2D eigenvalue weighted by Gasteiger charge is -2.40. The zero-order valence-electron chi connectivity index (χ0n) is 24.0. The molecule has 0 aromatic carbocycles. The Kier molecular flexibility index (Phi) is 9.05. The number of Topliss-reactive ketones (excluding diaryl/α,β-unsaturated/α-hetero) is 1. The van der Waals surface area contributed by atoms with E-state index in [1.165, 1.54) is 11.0 Å². The van der Waals surface area contributed by atoms with Gasteiger partial charge < -0.3 is 10.0 Å². The molecule has 2 aliphatic carbocycles. The zero-order chi connectivity index (χ0) is 31.2. The summed E-state index contributed by atoms with van der Waals surface area (Å²) in [6.45, 7) is 6.87. The smallest absolute Gasteiger partial charge is 0.433 e. The first-order valence-electron chi connectivity index (χ1n) is 14.0. The number of carbonyl (C=O) groups is 3. The van der Waals surface area contributed by atoms with Crippen LogP contribution in [0.2, 0.25) is 10.2 Å². The number of hydrogen-bond donors (Lipinski definition) is 1. The molecule has 2 aromatic rings. The van der Waals surface area contributed by atoms with Crippen LogP contribution in [0, 0.1) is 17.8 Å². The first kappa shape index (κ1) is 32.3. The monoisotopic (exact) mass is 630 g/mol. The number of rotatable bonds is 7. The highest BCUT2D eigenvalue weighted by atomic mass is 35.5. The van der Waals surface area contributed by atoms with Crippen molar-refractivity contribution in [2.45, 2.75) is 97.3 Å². The molecule has 2 aromatic heterocycles. The molecule has 0 bridgehead atoms. The van der Waals surface area contributed by atoms with Gasteiger partial charge in [-0.05, 0) is 76.7 Å². The number of halogens is 5. The Morgan fingerprint density at radius 1 is 1.07 bits per heavy atom. The number of carboxylic acid groups (broad SMARTS) is 1. The van der Waals surface area contributed by atoms with Gasteiger partial charge >= 0.3 is 12.1 Å². The molecular weight excluding hydrogens is 596 g/mol. The third kappa shape index (κ3) is 6.61. The molecular formula is C29H35Cl2F3N4O4. The van der Waals surface area contributed by atoms with E-state index in [0.717, 1.165) is 23.7 Å². The number of nitrogens with zero attached hydrogens (tertiary/aromatic N) is 4. The number of amides is 1. The molecule has 0 spiro atoms. The summed E-state index contributed by atoms with van der Waals surface area (Å²) in [5, 5.41) is 13.4. The predicted molar refractivity (Wildman–Crippen MR) is 151 cm³/mol. The number of carboxylic acids is 1. The van der Waals surface area contributed by atoms with E-state index in [1.54, 1.807) is 13.8 Å². The molecule has 0 saturated heterocycles. The molecule has 0 unspecified atom stereocenters. The van der Waals surface area contributed by atoms with Crippen LogP contribution in [0.4, 0.5) is 13.2 Å². The molecule has 0 atom stereocenters. The Hall–Kier alpha value is -2.66. The van der Waals surface area contributed by atoms with Crippen molar-refractivity contribution in [2.24, 2.45) is 10.8 Å². The van der Waals surface area contributed by atoms with Gasteiger partial charge in [0, 0.05) is 11.7 Å². The van der Waals surface area contributed by atoms with Gasteiger partial charge in [0.1, 0.15) is 5.15 Å². The minimum Gasteiger partial charge on any atom is -0.481 e. The highest BCUT2D eigenvalue weighted by Crippen LogP contribution is 2.44. The van der Waals surface area contributed by atoms with Crippen LogP contribution >= 0.6 is 23.2 Å². The Morgan fingerprint density at radius 2 is 1.67 bits per heavy atom. The lowest BCUT2D eigenvalue weighted by Crippen LogP contribution is -2.46. The minimum absolute atomic E-state index is 0.00380. The maximum atomic E-state index is 14.6. The second kappa shape index (κ2) is 11.8. The second-order valence-electron chi connectivity index (χ2n) is 12.6. The van der Waals surface area contributed by atoms with Gasteiger partial charge in [0.2, 0.25) is 0 Å². The van der Waals surface area contributed by atoms with Gasteiger partial charge in [-0.15, -0.1) is 0 Å². The normalized spacial score (nSPS) is 23.0. The molecule has 2 heterocycles. The van der Waals surface area contributed by atoms with Gasteiger partial charge in [-0.1, -0.05) is 37.0 Å². The molecule has 8 nitrogen and oxygen atoms in total.